The van der Waals surface area contributed by atoms with Crippen LogP contribution >= 0.6 is 11.3 Å². The lowest BCUT2D eigenvalue weighted by molar-refractivity contribution is -0.121. The predicted molar refractivity (Wildman–Crippen MR) is 97.4 cm³/mol. The van der Waals surface area contributed by atoms with Gasteiger partial charge in [0.2, 0.25) is 5.91 Å². The van der Waals surface area contributed by atoms with Gasteiger partial charge >= 0.3 is 0 Å². The van der Waals surface area contributed by atoms with E-state index in [0.29, 0.717) is 13.0 Å². The first-order valence-corrected chi connectivity index (χ1v) is 8.81. The van der Waals surface area contributed by atoms with Crippen molar-refractivity contribution in [1.29, 1.82) is 0 Å². The number of aryl methyl sites for hydroxylation is 1. The number of nitrogens with zero attached hydrogens (tertiary/aromatic N) is 1. The van der Waals surface area contributed by atoms with Crippen molar-refractivity contribution >= 4 is 27.5 Å². The number of carbonyl (C=O) groups is 1. The average molecular weight is 340 g/mol. The van der Waals surface area contributed by atoms with Crippen LogP contribution in [0.3, 0.4) is 0 Å². The highest BCUT2D eigenvalue weighted by molar-refractivity contribution is 7.18. The quantitative estimate of drug-likeness (QED) is 0.709. The van der Waals surface area contributed by atoms with Crippen molar-refractivity contribution in [3.63, 3.8) is 0 Å². The lowest BCUT2D eigenvalue weighted by Gasteiger charge is -2.09. The van der Waals surface area contributed by atoms with Gasteiger partial charge in [0.15, 0.2) is 0 Å². The van der Waals surface area contributed by atoms with Crippen LogP contribution in [0.4, 0.5) is 0 Å². The molecule has 1 N–H and O–H groups in total. The SMILES string of the molecule is COc1ccccc1CNC(=O)CCCc1nc2ccccc2s1. The van der Waals surface area contributed by atoms with Crippen LogP contribution in [0.5, 0.6) is 5.75 Å². The number of rotatable bonds is 7. The monoisotopic (exact) mass is 340 g/mol. The van der Waals surface area contributed by atoms with Crippen molar-refractivity contribution in [1.82, 2.24) is 10.3 Å². The van der Waals surface area contributed by atoms with Crippen LogP contribution < -0.4 is 10.1 Å². The van der Waals surface area contributed by atoms with E-state index in [4.69, 9.17) is 4.74 Å². The van der Waals surface area contributed by atoms with Crippen molar-refractivity contribution in [3.05, 3.63) is 59.1 Å². The Morgan fingerprint density at radius 1 is 1.17 bits per heavy atom. The van der Waals surface area contributed by atoms with E-state index in [1.807, 2.05) is 42.5 Å². The summed E-state index contributed by atoms with van der Waals surface area (Å²) in [5.74, 6) is 0.856. The molecule has 0 unspecified atom stereocenters. The largest absolute Gasteiger partial charge is 0.496 e. The minimum absolute atomic E-state index is 0.0574. The van der Waals surface area contributed by atoms with Crippen molar-refractivity contribution in [2.75, 3.05) is 7.11 Å². The third-order valence-corrected chi connectivity index (χ3v) is 4.90. The number of carbonyl (C=O) groups excluding carboxylic acids is 1. The van der Waals surface area contributed by atoms with Crippen LogP contribution in [0.2, 0.25) is 0 Å². The first kappa shape index (κ1) is 16.5. The second-order valence-electron chi connectivity index (χ2n) is 5.52. The molecular weight excluding hydrogens is 320 g/mol. The van der Waals surface area contributed by atoms with Gasteiger partial charge in [-0.15, -0.1) is 11.3 Å². The van der Waals surface area contributed by atoms with Gasteiger partial charge in [-0.2, -0.15) is 0 Å². The highest BCUT2D eigenvalue weighted by Crippen LogP contribution is 2.22. The summed E-state index contributed by atoms with van der Waals surface area (Å²) in [4.78, 5) is 16.6. The number of hydrogen-bond acceptors (Lipinski definition) is 4. The van der Waals surface area contributed by atoms with Gasteiger partial charge in [-0.1, -0.05) is 30.3 Å². The number of amides is 1. The number of methoxy groups -OCH3 is 1. The zero-order valence-corrected chi connectivity index (χ0v) is 14.4. The molecule has 1 heterocycles. The Kier molecular flexibility index (Phi) is 5.43. The maximum Gasteiger partial charge on any atom is 0.220 e. The number of fused-ring (bicyclic) bond motifs is 1. The summed E-state index contributed by atoms with van der Waals surface area (Å²) in [6.45, 7) is 0.490. The number of hydrogen-bond donors (Lipinski definition) is 1. The van der Waals surface area contributed by atoms with E-state index < -0.39 is 0 Å². The summed E-state index contributed by atoms with van der Waals surface area (Å²) in [5, 5.41) is 4.04. The van der Waals surface area contributed by atoms with Gasteiger partial charge < -0.3 is 10.1 Å². The molecule has 0 saturated heterocycles. The normalized spacial score (nSPS) is 10.7. The van der Waals surface area contributed by atoms with E-state index >= 15 is 0 Å². The van der Waals surface area contributed by atoms with E-state index in [9.17, 15) is 4.79 Å². The lowest BCUT2D eigenvalue weighted by atomic mass is 10.2. The fraction of sp³-hybridized carbons (Fsp3) is 0.263. The highest BCUT2D eigenvalue weighted by Gasteiger charge is 2.07. The third-order valence-electron chi connectivity index (χ3n) is 3.80. The van der Waals surface area contributed by atoms with Crippen molar-refractivity contribution in [2.24, 2.45) is 0 Å². The molecule has 0 fully saturated rings. The molecule has 124 valence electrons. The number of benzene rings is 2. The average Bonchev–Trinajstić information content (AvgIpc) is 3.03. The Bertz CT molecular complexity index is 796. The van der Waals surface area contributed by atoms with Crippen LogP contribution in [-0.2, 0) is 17.8 Å². The van der Waals surface area contributed by atoms with E-state index in [0.717, 1.165) is 34.7 Å². The number of aromatic nitrogens is 1. The van der Waals surface area contributed by atoms with Crippen molar-refractivity contribution < 1.29 is 9.53 Å². The van der Waals surface area contributed by atoms with Gasteiger partial charge in [-0.3, -0.25) is 4.79 Å². The second-order valence-corrected chi connectivity index (χ2v) is 6.63. The summed E-state index contributed by atoms with van der Waals surface area (Å²) in [7, 11) is 1.64. The molecule has 0 aliphatic heterocycles. The van der Waals surface area contributed by atoms with Crippen LogP contribution in [0.25, 0.3) is 10.2 Å². The van der Waals surface area contributed by atoms with Crippen molar-refractivity contribution in [3.8, 4) is 5.75 Å². The Morgan fingerprint density at radius 2 is 1.96 bits per heavy atom. The summed E-state index contributed by atoms with van der Waals surface area (Å²) >= 11 is 1.70. The standard InChI is InChI=1S/C19H20N2O2S/c1-23-16-9-4-2-7-14(16)13-20-18(22)11-6-12-19-21-15-8-3-5-10-17(15)24-19/h2-5,7-10H,6,11-13H2,1H3,(H,20,22). The van der Waals surface area contributed by atoms with Crippen LogP contribution in [0, 0.1) is 0 Å². The molecule has 0 atom stereocenters. The zero-order valence-electron chi connectivity index (χ0n) is 13.6. The first-order valence-electron chi connectivity index (χ1n) is 7.99. The molecule has 0 spiro atoms. The molecule has 0 aliphatic rings. The highest BCUT2D eigenvalue weighted by atomic mass is 32.1. The van der Waals surface area contributed by atoms with E-state index in [1.54, 1.807) is 18.4 Å². The minimum Gasteiger partial charge on any atom is -0.496 e. The molecule has 5 heteroatoms. The number of thiazole rings is 1. The van der Waals surface area contributed by atoms with Gasteiger partial charge in [0.05, 0.1) is 22.3 Å². The van der Waals surface area contributed by atoms with E-state index in [1.165, 1.54) is 4.70 Å². The Hall–Kier alpha value is -2.40. The van der Waals surface area contributed by atoms with Gasteiger partial charge in [-0.05, 0) is 31.0 Å². The fourth-order valence-electron chi connectivity index (χ4n) is 2.56. The molecule has 3 aromatic rings. The number of ether oxygens (including phenoxy) is 1. The molecule has 0 saturated carbocycles. The van der Waals surface area contributed by atoms with Crippen LogP contribution in [0.1, 0.15) is 23.4 Å². The van der Waals surface area contributed by atoms with Gasteiger partial charge in [0.25, 0.3) is 0 Å². The molecule has 24 heavy (non-hydrogen) atoms. The minimum atomic E-state index is 0.0574. The first-order chi connectivity index (χ1) is 11.8. The third kappa shape index (κ3) is 4.11. The van der Waals surface area contributed by atoms with Gasteiger partial charge in [0.1, 0.15) is 5.75 Å². The molecule has 0 aliphatic carbocycles. The lowest BCUT2D eigenvalue weighted by Crippen LogP contribution is -2.22. The Labute approximate surface area is 145 Å². The van der Waals surface area contributed by atoms with E-state index in [-0.39, 0.29) is 5.91 Å². The maximum absolute atomic E-state index is 12.0. The molecule has 4 nitrogen and oxygen atoms in total. The summed E-state index contributed by atoms with van der Waals surface area (Å²) < 4.78 is 6.49. The summed E-state index contributed by atoms with van der Waals surface area (Å²) in [6.07, 6.45) is 2.14. The Morgan fingerprint density at radius 3 is 2.79 bits per heavy atom. The molecule has 0 radical (unpaired) electrons. The second kappa shape index (κ2) is 7.93. The smallest absolute Gasteiger partial charge is 0.220 e. The maximum atomic E-state index is 12.0. The van der Waals surface area contributed by atoms with Gasteiger partial charge in [-0.25, -0.2) is 4.98 Å². The van der Waals surface area contributed by atoms with Crippen LogP contribution in [0.15, 0.2) is 48.5 Å². The van der Waals surface area contributed by atoms with Gasteiger partial charge in [0, 0.05) is 18.5 Å². The molecule has 3 rings (SSSR count). The van der Waals surface area contributed by atoms with E-state index in [2.05, 4.69) is 16.4 Å². The molecule has 1 amide bonds. The fourth-order valence-corrected chi connectivity index (χ4v) is 3.57. The predicted octanol–water partition coefficient (Wildman–Crippen LogP) is 3.94. The zero-order chi connectivity index (χ0) is 16.8. The number of nitrogens with one attached hydrogen (secondary N) is 1. The summed E-state index contributed by atoms with van der Waals surface area (Å²) in [5.41, 5.74) is 2.03. The summed E-state index contributed by atoms with van der Waals surface area (Å²) in [6, 6.07) is 15.8. The molecule has 2 aromatic carbocycles. The molecule has 1 aromatic heterocycles. The molecule has 0 bridgehead atoms. The van der Waals surface area contributed by atoms with Crippen molar-refractivity contribution in [2.45, 2.75) is 25.8 Å². The topological polar surface area (TPSA) is 51.2 Å². The number of para-hydroxylation sites is 2. The molecular formula is C19H20N2O2S. The Balaban J connectivity index is 1.45. The van der Waals surface area contributed by atoms with Crippen LogP contribution in [-0.4, -0.2) is 18.0 Å².